The summed E-state index contributed by atoms with van der Waals surface area (Å²) < 4.78 is 46.5. The highest BCUT2D eigenvalue weighted by Crippen LogP contribution is 2.34. The van der Waals surface area contributed by atoms with Crippen molar-refractivity contribution < 1.29 is 17.6 Å². The Morgan fingerprint density at radius 3 is 2.12 bits per heavy atom. The van der Waals surface area contributed by atoms with Crippen molar-refractivity contribution in [3.05, 3.63) is 65.0 Å². The standard InChI is InChI=1S/C21H21F3NO/c1-4-25(5-2)17-10-11-18-14(3)12-19(26-20(18)13-17)15-6-8-16(9-7-15)21(22,23)24/h6-13H,4-5H2,1-3H3/q+1. The van der Waals surface area contributed by atoms with Gasteiger partial charge in [0.05, 0.1) is 11.6 Å². The van der Waals surface area contributed by atoms with Crippen molar-refractivity contribution >= 4 is 0 Å². The molecule has 0 aromatic heterocycles. The fraction of sp³-hybridized carbons (Fsp3) is 0.286. The molecule has 0 N–H and O–H groups in total. The molecule has 1 aromatic rings. The number of hydrogen-bond donors (Lipinski definition) is 0. The summed E-state index contributed by atoms with van der Waals surface area (Å²) in [6, 6.07) is 13.0. The number of benzene rings is 2. The summed E-state index contributed by atoms with van der Waals surface area (Å²) >= 11 is 0. The number of rotatable bonds is 3. The topological polar surface area (TPSA) is 16.1 Å². The number of fused-ring (bicyclic) bond motifs is 1. The first-order valence-electron chi connectivity index (χ1n) is 8.63. The first-order chi connectivity index (χ1) is 12.3. The lowest BCUT2D eigenvalue weighted by atomic mass is 10.0. The number of aryl methyl sites for hydroxylation is 1. The Morgan fingerprint density at radius 1 is 0.885 bits per heavy atom. The number of halogens is 3. The van der Waals surface area contributed by atoms with Crippen LogP contribution in [-0.2, 0) is 6.18 Å². The zero-order valence-electron chi connectivity index (χ0n) is 15.0. The molecule has 0 saturated heterocycles. The molecule has 1 aromatic carbocycles. The van der Waals surface area contributed by atoms with Gasteiger partial charge in [0.15, 0.2) is 0 Å². The lowest BCUT2D eigenvalue weighted by Crippen LogP contribution is -2.29. The summed E-state index contributed by atoms with van der Waals surface area (Å²) in [4.78, 5) is 0. The third kappa shape index (κ3) is 3.52. The monoisotopic (exact) mass is 360 g/mol. The largest absolute Gasteiger partial charge is 0.456 e. The summed E-state index contributed by atoms with van der Waals surface area (Å²) in [5.41, 5.74) is 1.97. The van der Waals surface area contributed by atoms with Gasteiger partial charge in [-0.3, -0.25) is 0 Å². The van der Waals surface area contributed by atoms with E-state index in [1.165, 1.54) is 12.1 Å². The van der Waals surface area contributed by atoms with Crippen LogP contribution in [0.3, 0.4) is 0 Å². The molecule has 1 aliphatic heterocycles. The van der Waals surface area contributed by atoms with Crippen LogP contribution in [0.1, 0.15) is 25.0 Å². The second-order valence-electron chi connectivity index (χ2n) is 6.22. The van der Waals surface area contributed by atoms with Gasteiger partial charge in [-0.2, -0.15) is 13.2 Å². The molecule has 1 aliphatic carbocycles. The van der Waals surface area contributed by atoms with Crippen molar-refractivity contribution in [3.63, 3.8) is 0 Å². The Morgan fingerprint density at radius 2 is 1.54 bits per heavy atom. The fourth-order valence-electron chi connectivity index (χ4n) is 3.09. The molecule has 5 heteroatoms. The Bertz CT molecular complexity index is 946. The molecule has 26 heavy (non-hydrogen) atoms. The summed E-state index contributed by atoms with van der Waals surface area (Å²) in [5, 5.41) is 1.07. The molecule has 2 nitrogen and oxygen atoms in total. The highest BCUT2D eigenvalue weighted by atomic mass is 19.4. The third-order valence-electron chi connectivity index (χ3n) is 4.58. The smallest absolute Gasteiger partial charge is 0.416 e. The summed E-state index contributed by atoms with van der Waals surface area (Å²) in [5.74, 6) is 1.28. The van der Waals surface area contributed by atoms with E-state index < -0.39 is 11.7 Å². The highest BCUT2D eigenvalue weighted by Gasteiger charge is 2.30. The normalized spacial score (nSPS) is 11.8. The molecule has 0 radical (unpaired) electrons. The molecular formula is C21H21F3NO+. The zero-order valence-corrected chi connectivity index (χ0v) is 15.0. The molecule has 0 fully saturated rings. The molecule has 0 saturated carbocycles. The van der Waals surface area contributed by atoms with Crippen LogP contribution in [0.5, 0.6) is 0 Å². The van der Waals surface area contributed by atoms with Gasteiger partial charge in [-0.05, 0) is 50.6 Å². The SMILES string of the molecule is CC[N+](CC)=c1ccc2c(C)cc(-c3ccc(C(F)(F)F)cc3)oc-2c1. The molecule has 3 rings (SSSR count). The van der Waals surface area contributed by atoms with Crippen LogP contribution in [0, 0.1) is 6.92 Å². The average molecular weight is 360 g/mol. The maximum Gasteiger partial charge on any atom is 0.416 e. The third-order valence-corrected chi connectivity index (χ3v) is 4.58. The number of hydrogen-bond acceptors (Lipinski definition) is 1. The van der Waals surface area contributed by atoms with E-state index in [0.717, 1.165) is 47.5 Å². The van der Waals surface area contributed by atoms with Gasteiger partial charge < -0.3 is 4.42 Å². The van der Waals surface area contributed by atoms with Crippen molar-refractivity contribution in [2.75, 3.05) is 13.1 Å². The van der Waals surface area contributed by atoms with Crippen molar-refractivity contribution in [3.8, 4) is 22.6 Å². The summed E-state index contributed by atoms with van der Waals surface area (Å²) in [6.45, 7) is 7.94. The minimum absolute atomic E-state index is 0.556. The number of nitrogens with zero attached hydrogens (tertiary/aromatic N) is 1. The van der Waals surface area contributed by atoms with E-state index in [4.69, 9.17) is 4.42 Å². The quantitative estimate of drug-likeness (QED) is 0.587. The summed E-state index contributed by atoms with van der Waals surface area (Å²) in [6.07, 6.45) is -4.34. The van der Waals surface area contributed by atoms with Crippen LogP contribution in [-0.4, -0.2) is 13.1 Å². The Kier molecular flexibility index (Phi) is 4.90. The maximum absolute atomic E-state index is 12.8. The van der Waals surface area contributed by atoms with E-state index in [1.54, 1.807) is 0 Å². The Labute approximate surface area is 150 Å². The van der Waals surface area contributed by atoms with Gasteiger partial charge in [0.1, 0.15) is 24.6 Å². The van der Waals surface area contributed by atoms with E-state index in [1.807, 2.05) is 25.1 Å². The average Bonchev–Trinajstić information content (AvgIpc) is 2.62. The first-order valence-corrected chi connectivity index (χ1v) is 8.63. The molecule has 0 bridgehead atoms. The molecule has 1 heterocycles. The molecule has 0 unspecified atom stereocenters. The highest BCUT2D eigenvalue weighted by molar-refractivity contribution is 5.68. The van der Waals surface area contributed by atoms with Crippen LogP contribution < -0.4 is 9.93 Å². The van der Waals surface area contributed by atoms with Crippen molar-refractivity contribution in [2.24, 2.45) is 0 Å². The van der Waals surface area contributed by atoms with Gasteiger partial charge >= 0.3 is 6.18 Å². The fourth-order valence-corrected chi connectivity index (χ4v) is 3.09. The molecule has 0 spiro atoms. The van der Waals surface area contributed by atoms with Crippen LogP contribution in [0.25, 0.3) is 22.6 Å². The first kappa shape index (κ1) is 18.2. The predicted octanol–water partition coefficient (Wildman–Crippen LogP) is 5.19. The van der Waals surface area contributed by atoms with Crippen LogP contribution in [0.4, 0.5) is 13.2 Å². The van der Waals surface area contributed by atoms with Crippen molar-refractivity contribution in [2.45, 2.75) is 26.9 Å². The van der Waals surface area contributed by atoms with Gasteiger partial charge in [-0.15, -0.1) is 0 Å². The molecule has 2 aliphatic rings. The van der Waals surface area contributed by atoms with E-state index >= 15 is 0 Å². The van der Waals surface area contributed by atoms with Crippen molar-refractivity contribution in [1.82, 2.24) is 4.58 Å². The molecule has 136 valence electrons. The molecule has 0 amide bonds. The van der Waals surface area contributed by atoms with E-state index in [0.29, 0.717) is 11.3 Å². The van der Waals surface area contributed by atoms with Gasteiger partial charge in [-0.1, -0.05) is 12.1 Å². The lowest BCUT2D eigenvalue weighted by Gasteiger charge is -2.12. The van der Waals surface area contributed by atoms with Gasteiger partial charge in [-0.25, -0.2) is 4.58 Å². The van der Waals surface area contributed by atoms with Gasteiger partial charge in [0, 0.05) is 17.2 Å². The summed E-state index contributed by atoms with van der Waals surface area (Å²) in [7, 11) is 0. The van der Waals surface area contributed by atoms with E-state index in [9.17, 15) is 13.2 Å². The number of alkyl halides is 3. The minimum Gasteiger partial charge on any atom is -0.456 e. The second-order valence-corrected chi connectivity index (χ2v) is 6.22. The van der Waals surface area contributed by atoms with Crippen LogP contribution in [0.15, 0.2) is 52.9 Å². The Hall–Kier alpha value is -2.56. The molecule has 0 atom stereocenters. The van der Waals surface area contributed by atoms with E-state index in [2.05, 4.69) is 24.5 Å². The zero-order chi connectivity index (χ0) is 18.9. The van der Waals surface area contributed by atoms with Gasteiger partial charge in [0.2, 0.25) is 5.36 Å². The van der Waals surface area contributed by atoms with Crippen LogP contribution >= 0.6 is 0 Å². The minimum atomic E-state index is -4.34. The maximum atomic E-state index is 12.8. The van der Waals surface area contributed by atoms with Gasteiger partial charge in [0.25, 0.3) is 0 Å². The Balaban J connectivity index is 2.13. The second kappa shape index (κ2) is 6.98. The van der Waals surface area contributed by atoms with Crippen molar-refractivity contribution in [1.29, 1.82) is 0 Å². The lowest BCUT2D eigenvalue weighted by molar-refractivity contribution is -0.137. The van der Waals surface area contributed by atoms with Crippen LogP contribution in [0.2, 0.25) is 0 Å². The van der Waals surface area contributed by atoms with E-state index in [-0.39, 0.29) is 0 Å². The predicted molar refractivity (Wildman–Crippen MR) is 96.9 cm³/mol. The molecular weight excluding hydrogens is 339 g/mol.